The van der Waals surface area contributed by atoms with Gasteiger partial charge in [0.2, 0.25) is 0 Å². The summed E-state index contributed by atoms with van der Waals surface area (Å²) in [7, 11) is 0. The Hall–Kier alpha value is -1.54. The number of rotatable bonds is 2. The fourth-order valence-electron chi connectivity index (χ4n) is 1.58. The fourth-order valence-corrected chi connectivity index (χ4v) is 1.58. The average molecular weight is 188 g/mol. The summed E-state index contributed by atoms with van der Waals surface area (Å²) in [5.41, 5.74) is 1.79. The molecule has 1 aromatic carbocycles. The van der Waals surface area contributed by atoms with Crippen molar-refractivity contribution in [3.8, 4) is 0 Å². The average Bonchev–Trinajstić information content (AvgIpc) is 2.56. The molecule has 0 bridgehead atoms. The molecule has 1 aromatic heterocycles. The maximum Gasteiger partial charge on any atom is 0.140 e. The highest BCUT2D eigenvalue weighted by atomic mass is 16.4. The number of aliphatic hydroxyl groups is 1. The van der Waals surface area contributed by atoms with E-state index in [-0.39, 0.29) is 0 Å². The van der Waals surface area contributed by atoms with Gasteiger partial charge in [-0.1, -0.05) is 24.3 Å². The van der Waals surface area contributed by atoms with E-state index in [1.54, 1.807) is 0 Å². The molecule has 0 aliphatic carbocycles. The summed E-state index contributed by atoms with van der Waals surface area (Å²) in [6.45, 7) is 5.48. The summed E-state index contributed by atoms with van der Waals surface area (Å²) in [6.07, 6.45) is 0.743. The molecule has 0 saturated heterocycles. The number of fused-ring (bicyclic) bond motifs is 1. The van der Waals surface area contributed by atoms with Gasteiger partial charge in [0.05, 0.1) is 0 Å². The zero-order valence-corrected chi connectivity index (χ0v) is 8.03. The normalized spacial score (nSPS) is 13.0. The van der Waals surface area contributed by atoms with Crippen molar-refractivity contribution in [2.75, 3.05) is 0 Å². The molecule has 1 unspecified atom stereocenters. The van der Waals surface area contributed by atoms with Gasteiger partial charge in [-0.25, -0.2) is 0 Å². The number of hydrogen-bond donors (Lipinski definition) is 1. The van der Waals surface area contributed by atoms with Crippen molar-refractivity contribution in [2.24, 2.45) is 0 Å². The van der Waals surface area contributed by atoms with E-state index >= 15 is 0 Å². The molecule has 0 spiro atoms. The molecule has 0 aliphatic heterocycles. The lowest BCUT2D eigenvalue weighted by Crippen LogP contribution is -1.91. The highest BCUT2D eigenvalue weighted by molar-refractivity contribution is 5.82. The molecule has 1 N–H and O–H groups in total. The van der Waals surface area contributed by atoms with E-state index in [2.05, 4.69) is 6.58 Å². The molecule has 2 nitrogen and oxygen atoms in total. The van der Waals surface area contributed by atoms with Gasteiger partial charge in [0.15, 0.2) is 0 Å². The van der Waals surface area contributed by atoms with Crippen LogP contribution in [0.15, 0.2) is 41.3 Å². The predicted octanol–water partition coefficient (Wildman–Crippen LogP) is 2.96. The van der Waals surface area contributed by atoms with Crippen molar-refractivity contribution in [1.82, 2.24) is 0 Å². The van der Waals surface area contributed by atoms with Crippen molar-refractivity contribution >= 4 is 11.0 Å². The summed E-state index contributed by atoms with van der Waals surface area (Å²) in [6, 6.07) is 7.74. The summed E-state index contributed by atoms with van der Waals surface area (Å²) in [5, 5.41) is 10.6. The van der Waals surface area contributed by atoms with Gasteiger partial charge in [-0.3, -0.25) is 0 Å². The van der Waals surface area contributed by atoms with Gasteiger partial charge in [-0.2, -0.15) is 0 Å². The predicted molar refractivity (Wildman–Crippen MR) is 56.1 cm³/mol. The van der Waals surface area contributed by atoms with Crippen LogP contribution in [0, 0.1) is 6.92 Å². The van der Waals surface area contributed by atoms with Crippen LogP contribution in [0.3, 0.4) is 0 Å². The van der Waals surface area contributed by atoms with Crippen LogP contribution in [0.1, 0.15) is 17.4 Å². The van der Waals surface area contributed by atoms with Gasteiger partial charge in [-0.05, 0) is 13.0 Å². The van der Waals surface area contributed by atoms with Gasteiger partial charge in [0.25, 0.3) is 0 Å². The Balaban J connectivity index is 2.68. The second kappa shape index (κ2) is 3.31. The van der Waals surface area contributed by atoms with Crippen molar-refractivity contribution < 1.29 is 9.52 Å². The zero-order valence-electron chi connectivity index (χ0n) is 8.03. The van der Waals surface area contributed by atoms with E-state index in [1.165, 1.54) is 6.08 Å². The first-order valence-corrected chi connectivity index (χ1v) is 4.52. The summed E-state index contributed by atoms with van der Waals surface area (Å²) in [5.74, 6) is 0.584. The SMILES string of the molecule is C=CC(O)c1oc2ccccc2c1C. The summed E-state index contributed by atoms with van der Waals surface area (Å²) < 4.78 is 5.53. The lowest BCUT2D eigenvalue weighted by molar-refractivity contribution is 0.199. The lowest BCUT2D eigenvalue weighted by atomic mass is 10.1. The largest absolute Gasteiger partial charge is 0.458 e. The molecule has 0 radical (unpaired) electrons. The molecule has 1 heterocycles. The summed E-state index contributed by atoms with van der Waals surface area (Å²) in [4.78, 5) is 0. The number of furan rings is 1. The third-order valence-electron chi connectivity index (χ3n) is 2.37. The van der Waals surface area contributed by atoms with Crippen LogP contribution in [0.5, 0.6) is 0 Å². The molecule has 2 rings (SSSR count). The molecule has 0 amide bonds. The van der Waals surface area contributed by atoms with Gasteiger partial charge < -0.3 is 9.52 Å². The van der Waals surface area contributed by atoms with E-state index in [4.69, 9.17) is 4.42 Å². The fraction of sp³-hybridized carbons (Fsp3) is 0.167. The Morgan fingerprint density at radius 2 is 2.14 bits per heavy atom. The lowest BCUT2D eigenvalue weighted by Gasteiger charge is -2.00. The maximum absolute atomic E-state index is 9.60. The van der Waals surface area contributed by atoms with Crippen LogP contribution in [-0.4, -0.2) is 5.11 Å². The summed E-state index contributed by atoms with van der Waals surface area (Å²) >= 11 is 0. The Kier molecular flexibility index (Phi) is 2.14. The van der Waals surface area contributed by atoms with Crippen molar-refractivity contribution in [2.45, 2.75) is 13.0 Å². The number of para-hydroxylation sites is 1. The molecule has 0 fully saturated rings. The quantitative estimate of drug-likeness (QED) is 0.735. The van der Waals surface area contributed by atoms with Gasteiger partial charge in [-0.15, -0.1) is 6.58 Å². The number of aliphatic hydroxyl groups excluding tert-OH is 1. The number of benzene rings is 1. The third-order valence-corrected chi connectivity index (χ3v) is 2.37. The van der Waals surface area contributed by atoms with Gasteiger partial charge in [0, 0.05) is 10.9 Å². The Labute approximate surface area is 82.5 Å². The van der Waals surface area contributed by atoms with E-state index in [9.17, 15) is 5.11 Å². The molecule has 2 aromatic rings. The van der Waals surface area contributed by atoms with Crippen LogP contribution in [0.2, 0.25) is 0 Å². The van der Waals surface area contributed by atoms with E-state index in [0.717, 1.165) is 16.5 Å². The van der Waals surface area contributed by atoms with Crippen molar-refractivity contribution in [1.29, 1.82) is 0 Å². The van der Waals surface area contributed by atoms with Gasteiger partial charge in [0.1, 0.15) is 17.4 Å². The Morgan fingerprint density at radius 1 is 1.43 bits per heavy atom. The first kappa shape index (κ1) is 9.03. The van der Waals surface area contributed by atoms with Crippen molar-refractivity contribution in [3.63, 3.8) is 0 Å². The highest BCUT2D eigenvalue weighted by Crippen LogP contribution is 2.29. The maximum atomic E-state index is 9.60. The highest BCUT2D eigenvalue weighted by Gasteiger charge is 2.14. The van der Waals surface area contributed by atoms with E-state index in [1.807, 2.05) is 31.2 Å². The standard InChI is InChI=1S/C12H12O2/c1-3-10(13)12-8(2)9-6-4-5-7-11(9)14-12/h3-7,10,13H,1H2,2H3. The van der Waals surface area contributed by atoms with Crippen LogP contribution >= 0.6 is 0 Å². The smallest absolute Gasteiger partial charge is 0.140 e. The molecule has 72 valence electrons. The molecule has 2 heteroatoms. The molecule has 14 heavy (non-hydrogen) atoms. The third kappa shape index (κ3) is 1.24. The first-order chi connectivity index (χ1) is 6.74. The van der Waals surface area contributed by atoms with Gasteiger partial charge >= 0.3 is 0 Å². The zero-order chi connectivity index (χ0) is 10.1. The Bertz CT molecular complexity index is 468. The van der Waals surface area contributed by atoms with E-state index < -0.39 is 6.10 Å². The minimum Gasteiger partial charge on any atom is -0.458 e. The van der Waals surface area contributed by atoms with Crippen LogP contribution in [0.25, 0.3) is 11.0 Å². The molecule has 1 atom stereocenters. The minimum atomic E-state index is -0.720. The Morgan fingerprint density at radius 3 is 2.79 bits per heavy atom. The van der Waals surface area contributed by atoms with Crippen molar-refractivity contribution in [3.05, 3.63) is 48.2 Å². The number of aryl methyl sites for hydroxylation is 1. The van der Waals surface area contributed by atoms with E-state index in [0.29, 0.717) is 5.76 Å². The number of hydrogen-bond acceptors (Lipinski definition) is 2. The minimum absolute atomic E-state index is 0.584. The second-order valence-corrected chi connectivity index (χ2v) is 3.27. The monoisotopic (exact) mass is 188 g/mol. The van der Waals surface area contributed by atoms with Crippen LogP contribution in [0.4, 0.5) is 0 Å². The molecule has 0 aliphatic rings. The molecular formula is C12H12O2. The molecular weight excluding hydrogens is 176 g/mol. The second-order valence-electron chi connectivity index (χ2n) is 3.27. The van der Waals surface area contributed by atoms with Crippen LogP contribution in [-0.2, 0) is 0 Å². The molecule has 0 saturated carbocycles. The topological polar surface area (TPSA) is 33.4 Å². The first-order valence-electron chi connectivity index (χ1n) is 4.52. The van der Waals surface area contributed by atoms with Crippen LogP contribution < -0.4 is 0 Å².